The van der Waals surface area contributed by atoms with Gasteiger partial charge in [-0.05, 0) is 23.0 Å². The van der Waals surface area contributed by atoms with Crippen molar-refractivity contribution in [1.29, 1.82) is 0 Å². The maximum atomic E-state index is 11.8. The summed E-state index contributed by atoms with van der Waals surface area (Å²) in [6.07, 6.45) is -1.67. The average molecular weight is 424 g/mol. The summed E-state index contributed by atoms with van der Waals surface area (Å²) in [6, 6.07) is 4.56. The summed E-state index contributed by atoms with van der Waals surface area (Å²) in [7, 11) is 0. The number of ether oxygens (including phenoxy) is 2. The molecule has 0 saturated carbocycles. The maximum Gasteiger partial charge on any atom is 0.408 e. The van der Waals surface area contributed by atoms with Crippen molar-refractivity contribution in [1.82, 2.24) is 10.6 Å². The van der Waals surface area contributed by atoms with Gasteiger partial charge in [-0.1, -0.05) is 52.0 Å². The molecular weight excluding hydrogens is 396 g/mol. The highest BCUT2D eigenvalue weighted by Crippen LogP contribution is 2.09. The van der Waals surface area contributed by atoms with E-state index in [-0.39, 0.29) is 25.0 Å². The monoisotopic (exact) mass is 424 g/mol. The van der Waals surface area contributed by atoms with Crippen molar-refractivity contribution in [3.63, 3.8) is 0 Å². The van der Waals surface area contributed by atoms with Crippen molar-refractivity contribution in [2.24, 2.45) is 11.8 Å². The molecule has 0 aliphatic carbocycles. The molecule has 0 spiro atoms. The fraction of sp³-hybridized carbons (Fsp3) is 0.500. The van der Waals surface area contributed by atoms with Gasteiger partial charge in [-0.25, -0.2) is 19.2 Å². The number of benzene rings is 1. The van der Waals surface area contributed by atoms with Crippen LogP contribution in [0.4, 0.5) is 9.59 Å². The minimum Gasteiger partial charge on any atom is -0.480 e. The van der Waals surface area contributed by atoms with Crippen LogP contribution in [0.15, 0.2) is 24.3 Å². The molecule has 0 heterocycles. The molecule has 0 radical (unpaired) electrons. The minimum atomic E-state index is -1.14. The van der Waals surface area contributed by atoms with Crippen LogP contribution in [0.3, 0.4) is 0 Å². The van der Waals surface area contributed by atoms with Crippen LogP contribution in [-0.4, -0.2) is 46.4 Å². The van der Waals surface area contributed by atoms with Gasteiger partial charge in [0, 0.05) is 0 Å². The van der Waals surface area contributed by atoms with Gasteiger partial charge in [-0.15, -0.1) is 0 Å². The molecule has 0 fully saturated rings. The quantitative estimate of drug-likeness (QED) is 0.447. The second-order valence-corrected chi connectivity index (χ2v) is 7.38. The van der Waals surface area contributed by atoms with Crippen LogP contribution >= 0.6 is 0 Å². The lowest BCUT2D eigenvalue weighted by Crippen LogP contribution is -2.44. The fourth-order valence-corrected chi connectivity index (χ4v) is 2.39. The Bertz CT molecular complexity index is 683. The number of aliphatic carboxylic acids is 2. The lowest BCUT2D eigenvalue weighted by Gasteiger charge is -2.18. The van der Waals surface area contributed by atoms with Crippen molar-refractivity contribution in [3.05, 3.63) is 35.4 Å². The molecular formula is C20H28N2O8. The Morgan fingerprint density at radius 1 is 0.733 bits per heavy atom. The molecule has 30 heavy (non-hydrogen) atoms. The molecule has 2 atom stereocenters. The first-order valence-corrected chi connectivity index (χ1v) is 9.41. The number of carbonyl (C=O) groups is 4. The summed E-state index contributed by atoms with van der Waals surface area (Å²) in [5.41, 5.74) is 1.31. The number of alkyl carbamates (subject to hydrolysis) is 2. The molecule has 4 N–H and O–H groups in total. The molecule has 1 rings (SSSR count). The van der Waals surface area contributed by atoms with E-state index in [1.165, 1.54) is 0 Å². The zero-order valence-electron chi connectivity index (χ0n) is 17.4. The fourth-order valence-electron chi connectivity index (χ4n) is 2.39. The molecule has 166 valence electrons. The number of hydrogen-bond donors (Lipinski definition) is 4. The lowest BCUT2D eigenvalue weighted by atomic mass is 10.1. The smallest absolute Gasteiger partial charge is 0.408 e. The molecule has 0 bridgehead atoms. The summed E-state index contributed by atoms with van der Waals surface area (Å²) in [4.78, 5) is 45.7. The minimum absolute atomic E-state index is 0.0629. The third kappa shape index (κ3) is 8.38. The molecule has 0 saturated heterocycles. The summed E-state index contributed by atoms with van der Waals surface area (Å²) < 4.78 is 10.0. The van der Waals surface area contributed by atoms with E-state index < -0.39 is 36.2 Å². The Labute approximate surface area is 174 Å². The normalized spacial score (nSPS) is 12.7. The highest BCUT2D eigenvalue weighted by Gasteiger charge is 2.25. The van der Waals surface area contributed by atoms with Gasteiger partial charge in [-0.3, -0.25) is 0 Å². The van der Waals surface area contributed by atoms with Crippen LogP contribution in [0.5, 0.6) is 0 Å². The van der Waals surface area contributed by atoms with E-state index in [9.17, 15) is 19.2 Å². The Balaban J connectivity index is 2.48. The molecule has 2 amide bonds. The number of amides is 2. The Morgan fingerprint density at radius 2 is 1.03 bits per heavy atom. The molecule has 0 aromatic heterocycles. The number of nitrogens with one attached hydrogen (secondary N) is 2. The molecule has 0 aliphatic rings. The van der Waals surface area contributed by atoms with Gasteiger partial charge in [0.05, 0.1) is 0 Å². The Hall–Kier alpha value is -3.30. The highest BCUT2D eigenvalue weighted by molar-refractivity contribution is 5.80. The van der Waals surface area contributed by atoms with Gasteiger partial charge in [0.25, 0.3) is 0 Å². The van der Waals surface area contributed by atoms with Crippen molar-refractivity contribution in [3.8, 4) is 0 Å². The third-order valence-electron chi connectivity index (χ3n) is 4.17. The Morgan fingerprint density at radius 3 is 1.27 bits per heavy atom. The van der Waals surface area contributed by atoms with E-state index >= 15 is 0 Å². The van der Waals surface area contributed by atoms with E-state index in [4.69, 9.17) is 19.7 Å². The van der Waals surface area contributed by atoms with Gasteiger partial charge in [-0.2, -0.15) is 0 Å². The zero-order chi connectivity index (χ0) is 22.8. The van der Waals surface area contributed by atoms with Crippen LogP contribution in [0, 0.1) is 11.8 Å². The molecule has 0 aliphatic heterocycles. The second-order valence-electron chi connectivity index (χ2n) is 7.38. The predicted molar refractivity (Wildman–Crippen MR) is 106 cm³/mol. The molecule has 10 nitrogen and oxygen atoms in total. The average Bonchev–Trinajstić information content (AvgIpc) is 2.66. The molecule has 1 aromatic rings. The SMILES string of the molecule is CC(C)C(NC(=O)OCc1ccc(COC(=O)NC(C(=O)O)C(C)C)cc1)C(=O)O. The topological polar surface area (TPSA) is 151 Å². The van der Waals surface area contributed by atoms with Gasteiger partial charge >= 0.3 is 24.1 Å². The highest BCUT2D eigenvalue weighted by atomic mass is 16.6. The summed E-state index contributed by atoms with van der Waals surface area (Å²) in [5, 5.41) is 22.7. The van der Waals surface area contributed by atoms with Gasteiger partial charge in [0.15, 0.2) is 0 Å². The van der Waals surface area contributed by atoms with Crippen LogP contribution < -0.4 is 10.6 Å². The predicted octanol–water partition coefficient (Wildman–Crippen LogP) is 2.36. The number of rotatable bonds is 10. The van der Waals surface area contributed by atoms with E-state index in [0.29, 0.717) is 11.1 Å². The number of carboxylic acid groups (broad SMARTS) is 2. The van der Waals surface area contributed by atoms with Crippen molar-refractivity contribution in [2.45, 2.75) is 53.0 Å². The van der Waals surface area contributed by atoms with E-state index in [2.05, 4.69) is 10.6 Å². The van der Waals surface area contributed by atoms with Gasteiger partial charge in [0.2, 0.25) is 0 Å². The van der Waals surface area contributed by atoms with Crippen LogP contribution in [0.1, 0.15) is 38.8 Å². The molecule has 1 aromatic carbocycles. The number of carboxylic acids is 2. The lowest BCUT2D eigenvalue weighted by molar-refractivity contribution is -0.141. The van der Waals surface area contributed by atoms with E-state index in [1.807, 2.05) is 0 Å². The summed E-state index contributed by atoms with van der Waals surface area (Å²) in [6.45, 7) is 6.56. The molecule has 2 unspecified atom stereocenters. The summed E-state index contributed by atoms with van der Waals surface area (Å²) >= 11 is 0. The van der Waals surface area contributed by atoms with E-state index in [1.54, 1.807) is 52.0 Å². The van der Waals surface area contributed by atoms with Crippen LogP contribution in [0.2, 0.25) is 0 Å². The first kappa shape index (κ1) is 24.7. The molecule has 10 heteroatoms. The van der Waals surface area contributed by atoms with Crippen LogP contribution in [0.25, 0.3) is 0 Å². The standard InChI is InChI=1S/C20H28N2O8/c1-11(2)15(17(23)24)21-19(27)29-9-13-5-7-14(8-6-13)10-30-20(28)22-16(12(3)4)18(25)26/h5-8,11-12,15-16H,9-10H2,1-4H3,(H,21,27)(H,22,28)(H,23,24)(H,25,26). The number of hydrogen-bond acceptors (Lipinski definition) is 6. The first-order valence-electron chi connectivity index (χ1n) is 9.41. The zero-order valence-corrected chi connectivity index (χ0v) is 17.4. The van der Waals surface area contributed by atoms with Crippen molar-refractivity contribution < 1.29 is 38.9 Å². The second kappa shape index (κ2) is 11.6. The van der Waals surface area contributed by atoms with Gasteiger partial charge in [0.1, 0.15) is 25.3 Å². The number of carbonyl (C=O) groups excluding carboxylic acids is 2. The third-order valence-corrected chi connectivity index (χ3v) is 4.17. The van der Waals surface area contributed by atoms with Crippen molar-refractivity contribution in [2.75, 3.05) is 0 Å². The summed E-state index contributed by atoms with van der Waals surface area (Å²) in [5.74, 6) is -2.87. The van der Waals surface area contributed by atoms with Gasteiger partial charge < -0.3 is 30.3 Å². The first-order chi connectivity index (χ1) is 14.0. The van der Waals surface area contributed by atoms with E-state index in [0.717, 1.165) is 0 Å². The largest absolute Gasteiger partial charge is 0.480 e. The maximum absolute atomic E-state index is 11.8. The Kier molecular flexibility index (Phi) is 9.60. The van der Waals surface area contributed by atoms with Crippen molar-refractivity contribution >= 4 is 24.1 Å². The van der Waals surface area contributed by atoms with Crippen LogP contribution in [-0.2, 0) is 32.3 Å².